The van der Waals surface area contributed by atoms with Crippen molar-refractivity contribution >= 4 is 5.78 Å². The maximum Gasteiger partial charge on any atom is 0.164 e. The molecule has 0 N–H and O–H groups in total. The van der Waals surface area contributed by atoms with Crippen molar-refractivity contribution < 1.29 is 18.3 Å². The summed E-state index contributed by atoms with van der Waals surface area (Å²) in [7, 11) is 1.62. The number of hydrogen-bond acceptors (Lipinski definition) is 3. The van der Waals surface area contributed by atoms with E-state index in [1.807, 2.05) is 6.92 Å². The van der Waals surface area contributed by atoms with Gasteiger partial charge in [-0.2, -0.15) is 0 Å². The number of ketones is 1. The van der Waals surface area contributed by atoms with Gasteiger partial charge in [0.2, 0.25) is 0 Å². The summed E-state index contributed by atoms with van der Waals surface area (Å²) in [6.45, 7) is 4.67. The number of benzene rings is 1. The van der Waals surface area contributed by atoms with Crippen LogP contribution in [-0.4, -0.2) is 44.0 Å². The van der Waals surface area contributed by atoms with Crippen LogP contribution < -0.4 is 0 Å². The van der Waals surface area contributed by atoms with Crippen LogP contribution in [0.3, 0.4) is 0 Å². The van der Waals surface area contributed by atoms with Crippen molar-refractivity contribution in [2.75, 3.05) is 33.4 Å². The van der Waals surface area contributed by atoms with Gasteiger partial charge in [-0.15, -0.1) is 0 Å². The summed E-state index contributed by atoms with van der Waals surface area (Å²) >= 11 is 0. The lowest BCUT2D eigenvalue weighted by molar-refractivity contribution is 0.0951. The second kappa shape index (κ2) is 7.96. The Morgan fingerprint density at radius 2 is 1.84 bits per heavy atom. The number of hydrogen-bond donors (Lipinski definition) is 0. The van der Waals surface area contributed by atoms with Crippen LogP contribution in [0.2, 0.25) is 0 Å². The zero-order valence-electron chi connectivity index (χ0n) is 11.3. The summed E-state index contributed by atoms with van der Waals surface area (Å²) < 4.78 is 31.0. The standard InChI is InChI=1S/C14H19F2NO2/c1-3-17(6-7-19-2)5-4-14(18)11-8-12(15)10-13(16)9-11/h8-10H,3-7H2,1-2H3. The van der Waals surface area contributed by atoms with Crippen LogP contribution in [-0.2, 0) is 4.74 Å². The molecule has 106 valence electrons. The number of rotatable bonds is 8. The fourth-order valence-corrected chi connectivity index (χ4v) is 1.77. The Hall–Kier alpha value is -1.33. The molecule has 0 aromatic heterocycles. The van der Waals surface area contributed by atoms with Gasteiger partial charge >= 0.3 is 0 Å². The van der Waals surface area contributed by atoms with Gasteiger partial charge in [-0.05, 0) is 18.7 Å². The normalized spacial score (nSPS) is 11.0. The molecule has 0 aliphatic rings. The molecule has 1 rings (SSSR count). The highest BCUT2D eigenvalue weighted by atomic mass is 19.1. The fourth-order valence-electron chi connectivity index (χ4n) is 1.77. The minimum absolute atomic E-state index is 0.0836. The van der Waals surface area contributed by atoms with E-state index in [0.29, 0.717) is 13.2 Å². The fraction of sp³-hybridized carbons (Fsp3) is 0.500. The van der Waals surface area contributed by atoms with Gasteiger partial charge in [0, 0.05) is 38.2 Å². The van der Waals surface area contributed by atoms with Crippen LogP contribution in [0, 0.1) is 11.6 Å². The number of halogens is 2. The highest BCUT2D eigenvalue weighted by Gasteiger charge is 2.11. The predicted molar refractivity (Wildman–Crippen MR) is 69.3 cm³/mol. The Morgan fingerprint density at radius 3 is 2.37 bits per heavy atom. The van der Waals surface area contributed by atoms with E-state index in [1.165, 1.54) is 0 Å². The predicted octanol–water partition coefficient (Wildman–Crippen LogP) is 2.51. The quantitative estimate of drug-likeness (QED) is 0.680. The summed E-state index contributed by atoms with van der Waals surface area (Å²) in [4.78, 5) is 13.9. The summed E-state index contributed by atoms with van der Waals surface area (Å²) in [5.74, 6) is -1.71. The van der Waals surface area contributed by atoms with E-state index in [0.717, 1.165) is 31.3 Å². The molecule has 19 heavy (non-hydrogen) atoms. The third-order valence-electron chi connectivity index (χ3n) is 2.90. The van der Waals surface area contributed by atoms with Gasteiger partial charge in [-0.3, -0.25) is 4.79 Å². The molecule has 1 aromatic rings. The number of methoxy groups -OCH3 is 1. The van der Waals surface area contributed by atoms with Crippen molar-refractivity contribution in [2.24, 2.45) is 0 Å². The summed E-state index contributed by atoms with van der Waals surface area (Å²) in [5.41, 5.74) is 0.0836. The Balaban J connectivity index is 2.54. The van der Waals surface area contributed by atoms with Gasteiger partial charge < -0.3 is 9.64 Å². The topological polar surface area (TPSA) is 29.5 Å². The average molecular weight is 271 g/mol. The molecular formula is C14H19F2NO2. The molecule has 0 aliphatic carbocycles. The number of ether oxygens (including phenoxy) is 1. The first-order chi connectivity index (χ1) is 9.06. The van der Waals surface area contributed by atoms with E-state index in [4.69, 9.17) is 4.74 Å². The molecule has 0 aliphatic heterocycles. The molecule has 0 heterocycles. The zero-order chi connectivity index (χ0) is 14.3. The number of Topliss-reactive ketones (excluding diaryl/α,β-unsaturated/α-hetero) is 1. The molecule has 0 saturated heterocycles. The van der Waals surface area contributed by atoms with E-state index in [1.54, 1.807) is 7.11 Å². The van der Waals surface area contributed by atoms with Gasteiger partial charge in [0.05, 0.1) is 6.61 Å². The number of carbonyl (C=O) groups is 1. The molecule has 3 nitrogen and oxygen atoms in total. The third-order valence-corrected chi connectivity index (χ3v) is 2.90. The van der Waals surface area contributed by atoms with E-state index in [-0.39, 0.29) is 17.8 Å². The maximum absolute atomic E-state index is 13.0. The molecule has 0 radical (unpaired) electrons. The molecular weight excluding hydrogens is 252 g/mol. The molecule has 5 heteroatoms. The monoisotopic (exact) mass is 271 g/mol. The molecule has 0 bridgehead atoms. The number of likely N-dealkylation sites (N-methyl/N-ethyl adjacent to an activating group) is 1. The summed E-state index contributed by atoms with van der Waals surface area (Å²) in [5, 5.41) is 0. The van der Waals surface area contributed by atoms with E-state index in [2.05, 4.69) is 4.90 Å². The van der Waals surface area contributed by atoms with Crippen molar-refractivity contribution in [3.05, 3.63) is 35.4 Å². The lowest BCUT2D eigenvalue weighted by Gasteiger charge is -2.19. The van der Waals surface area contributed by atoms with Crippen LogP contribution in [0.1, 0.15) is 23.7 Å². The smallest absolute Gasteiger partial charge is 0.164 e. The van der Waals surface area contributed by atoms with Gasteiger partial charge in [-0.25, -0.2) is 8.78 Å². The highest BCUT2D eigenvalue weighted by Crippen LogP contribution is 2.10. The van der Waals surface area contributed by atoms with Crippen molar-refractivity contribution in [3.63, 3.8) is 0 Å². The minimum Gasteiger partial charge on any atom is -0.383 e. The Morgan fingerprint density at radius 1 is 1.21 bits per heavy atom. The Labute approximate surface area is 112 Å². The molecule has 0 spiro atoms. The van der Waals surface area contributed by atoms with Crippen molar-refractivity contribution in [1.82, 2.24) is 4.90 Å². The molecule has 0 unspecified atom stereocenters. The van der Waals surface area contributed by atoms with Crippen LogP contribution in [0.5, 0.6) is 0 Å². The lowest BCUT2D eigenvalue weighted by Crippen LogP contribution is -2.29. The second-order valence-corrected chi connectivity index (χ2v) is 4.26. The van der Waals surface area contributed by atoms with E-state index in [9.17, 15) is 13.6 Å². The molecule has 0 amide bonds. The first-order valence-electron chi connectivity index (χ1n) is 6.27. The highest BCUT2D eigenvalue weighted by molar-refractivity contribution is 5.96. The van der Waals surface area contributed by atoms with Crippen molar-refractivity contribution in [3.8, 4) is 0 Å². The number of nitrogens with zero attached hydrogens (tertiary/aromatic N) is 1. The largest absolute Gasteiger partial charge is 0.383 e. The van der Waals surface area contributed by atoms with Crippen LogP contribution >= 0.6 is 0 Å². The van der Waals surface area contributed by atoms with Crippen molar-refractivity contribution in [2.45, 2.75) is 13.3 Å². The molecule has 1 aromatic carbocycles. The zero-order valence-corrected chi connectivity index (χ0v) is 11.3. The first-order valence-corrected chi connectivity index (χ1v) is 6.27. The summed E-state index contributed by atoms with van der Waals surface area (Å²) in [6, 6.07) is 2.89. The third kappa shape index (κ3) is 5.44. The summed E-state index contributed by atoms with van der Waals surface area (Å²) in [6.07, 6.45) is 0.237. The minimum atomic E-state index is -0.727. The SMILES string of the molecule is CCN(CCOC)CCC(=O)c1cc(F)cc(F)c1. The molecule has 0 saturated carbocycles. The average Bonchev–Trinajstić information content (AvgIpc) is 2.37. The van der Waals surface area contributed by atoms with E-state index < -0.39 is 11.6 Å². The lowest BCUT2D eigenvalue weighted by atomic mass is 10.1. The van der Waals surface area contributed by atoms with Gasteiger partial charge in [0.1, 0.15) is 11.6 Å². The second-order valence-electron chi connectivity index (χ2n) is 4.26. The van der Waals surface area contributed by atoms with Crippen LogP contribution in [0.4, 0.5) is 8.78 Å². The first kappa shape index (κ1) is 15.7. The Bertz CT molecular complexity index is 404. The maximum atomic E-state index is 13.0. The van der Waals surface area contributed by atoms with E-state index >= 15 is 0 Å². The van der Waals surface area contributed by atoms with Crippen LogP contribution in [0.25, 0.3) is 0 Å². The number of carbonyl (C=O) groups excluding carboxylic acids is 1. The molecule has 0 fully saturated rings. The van der Waals surface area contributed by atoms with Crippen molar-refractivity contribution in [1.29, 1.82) is 0 Å². The van der Waals surface area contributed by atoms with Gasteiger partial charge in [0.15, 0.2) is 5.78 Å². The van der Waals surface area contributed by atoms with Gasteiger partial charge in [-0.1, -0.05) is 6.92 Å². The van der Waals surface area contributed by atoms with Gasteiger partial charge in [0.25, 0.3) is 0 Å². The molecule has 0 atom stereocenters. The van der Waals surface area contributed by atoms with Crippen LogP contribution in [0.15, 0.2) is 18.2 Å². The Kier molecular flexibility index (Phi) is 6.59.